The van der Waals surface area contributed by atoms with Gasteiger partial charge in [0.1, 0.15) is 11.8 Å². The summed E-state index contributed by atoms with van der Waals surface area (Å²) in [5.41, 5.74) is 6.89. The molecule has 0 bridgehead atoms. The lowest BCUT2D eigenvalue weighted by Gasteiger charge is -2.17. The number of amides is 1. The van der Waals surface area contributed by atoms with Crippen LogP contribution in [0.15, 0.2) is 29.2 Å². The highest BCUT2D eigenvalue weighted by Gasteiger charge is 2.25. The number of nitrogens with two attached hydrogens (primary N) is 1. The summed E-state index contributed by atoms with van der Waals surface area (Å²) in [5.74, 6) is -0.222. The Morgan fingerprint density at radius 3 is 2.48 bits per heavy atom. The lowest BCUT2D eigenvalue weighted by atomic mass is 10.1. The van der Waals surface area contributed by atoms with Crippen LogP contribution in [0.25, 0.3) is 0 Å². The predicted molar refractivity (Wildman–Crippen MR) is 93.8 cm³/mol. The number of carbonyl (C=O) groups is 1. The first-order valence-electron chi connectivity index (χ1n) is 8.33. The molecule has 9 heteroatoms. The molecule has 0 aliphatic carbocycles. The third-order valence-electron chi connectivity index (χ3n) is 3.57. The smallest absolute Gasteiger partial charge is 0.261 e. The highest BCUT2D eigenvalue weighted by atomic mass is 32.2. The molecule has 0 aromatic heterocycles. The van der Waals surface area contributed by atoms with Crippen LogP contribution >= 0.6 is 0 Å². The second-order valence-corrected chi connectivity index (χ2v) is 7.32. The van der Waals surface area contributed by atoms with Gasteiger partial charge in [-0.2, -0.15) is 4.72 Å². The second-order valence-electron chi connectivity index (χ2n) is 5.61. The molecule has 0 spiro atoms. The Morgan fingerprint density at radius 1 is 1.24 bits per heavy atom. The summed E-state index contributed by atoms with van der Waals surface area (Å²) in [6, 6.07) is 4.90. The third kappa shape index (κ3) is 7.39. The molecule has 1 amide bonds. The molecule has 0 fully saturated rings. The van der Waals surface area contributed by atoms with Crippen molar-refractivity contribution in [2.24, 2.45) is 5.73 Å². The Balaban J connectivity index is 2.77. The molecule has 1 rings (SSSR count). The minimum Gasteiger partial charge on any atom is -0.494 e. The fourth-order valence-corrected chi connectivity index (χ4v) is 3.35. The van der Waals surface area contributed by atoms with E-state index in [4.69, 9.17) is 15.7 Å². The highest BCUT2D eigenvalue weighted by Crippen LogP contribution is 2.17. The molecule has 1 atom stereocenters. The van der Waals surface area contributed by atoms with Crippen LogP contribution in [0.4, 0.5) is 0 Å². The van der Waals surface area contributed by atoms with Gasteiger partial charge in [0.25, 0.3) is 5.91 Å². The van der Waals surface area contributed by atoms with E-state index >= 15 is 0 Å². The van der Waals surface area contributed by atoms with Crippen LogP contribution in [-0.2, 0) is 14.8 Å². The summed E-state index contributed by atoms with van der Waals surface area (Å²) < 4.78 is 32.7. The van der Waals surface area contributed by atoms with Gasteiger partial charge in [0, 0.05) is 0 Å². The van der Waals surface area contributed by atoms with Gasteiger partial charge in [0.2, 0.25) is 10.0 Å². The Morgan fingerprint density at radius 2 is 1.92 bits per heavy atom. The second kappa shape index (κ2) is 11.0. The van der Waals surface area contributed by atoms with E-state index in [0.29, 0.717) is 31.7 Å². The Hall–Kier alpha value is -1.68. The molecule has 142 valence electrons. The van der Waals surface area contributed by atoms with E-state index in [2.05, 4.69) is 11.6 Å². The van der Waals surface area contributed by atoms with E-state index in [9.17, 15) is 13.2 Å². The van der Waals surface area contributed by atoms with E-state index in [1.807, 2.05) is 0 Å². The minimum absolute atomic E-state index is 0.0184. The first-order chi connectivity index (χ1) is 11.9. The zero-order chi connectivity index (χ0) is 18.7. The van der Waals surface area contributed by atoms with Crippen molar-refractivity contribution in [3.8, 4) is 5.75 Å². The SMILES string of the molecule is CCCCOc1ccc(S(=O)(=O)N[C@H](CCCCN)C(=O)NO)cc1. The van der Waals surface area contributed by atoms with Gasteiger partial charge in [-0.3, -0.25) is 10.0 Å². The average molecular weight is 373 g/mol. The molecule has 1 aromatic carbocycles. The zero-order valence-corrected chi connectivity index (χ0v) is 15.2. The molecular weight excluding hydrogens is 346 g/mol. The van der Waals surface area contributed by atoms with Crippen molar-refractivity contribution in [3.63, 3.8) is 0 Å². The summed E-state index contributed by atoms with van der Waals surface area (Å²) in [6.45, 7) is 3.07. The molecule has 0 radical (unpaired) electrons. The number of sulfonamides is 1. The van der Waals surface area contributed by atoms with E-state index in [1.54, 1.807) is 12.1 Å². The molecule has 0 saturated heterocycles. The topological polar surface area (TPSA) is 131 Å². The number of unbranched alkanes of at least 4 members (excludes halogenated alkanes) is 2. The highest BCUT2D eigenvalue weighted by molar-refractivity contribution is 7.89. The zero-order valence-electron chi connectivity index (χ0n) is 14.4. The normalized spacial score (nSPS) is 12.6. The number of rotatable bonds is 12. The van der Waals surface area contributed by atoms with Gasteiger partial charge < -0.3 is 10.5 Å². The van der Waals surface area contributed by atoms with Gasteiger partial charge in [0.05, 0.1) is 11.5 Å². The van der Waals surface area contributed by atoms with Crippen molar-refractivity contribution >= 4 is 15.9 Å². The number of ether oxygens (including phenoxy) is 1. The van der Waals surface area contributed by atoms with Gasteiger partial charge in [-0.15, -0.1) is 0 Å². The van der Waals surface area contributed by atoms with Crippen molar-refractivity contribution in [1.82, 2.24) is 10.2 Å². The number of hydroxylamine groups is 1. The molecule has 0 unspecified atom stereocenters. The molecule has 0 saturated carbocycles. The fourth-order valence-electron chi connectivity index (χ4n) is 2.12. The van der Waals surface area contributed by atoms with Crippen LogP contribution in [0.1, 0.15) is 39.0 Å². The maximum Gasteiger partial charge on any atom is 0.261 e. The minimum atomic E-state index is -3.90. The number of hydrogen-bond acceptors (Lipinski definition) is 6. The van der Waals surface area contributed by atoms with Crippen LogP contribution in [0, 0.1) is 0 Å². The third-order valence-corrected chi connectivity index (χ3v) is 5.06. The lowest BCUT2D eigenvalue weighted by molar-refractivity contribution is -0.131. The number of hydrogen-bond donors (Lipinski definition) is 4. The van der Waals surface area contributed by atoms with Crippen molar-refractivity contribution < 1.29 is 23.2 Å². The Bertz CT molecular complexity index is 619. The van der Waals surface area contributed by atoms with Gasteiger partial charge in [-0.1, -0.05) is 19.8 Å². The van der Waals surface area contributed by atoms with Crippen molar-refractivity contribution in [2.75, 3.05) is 13.2 Å². The molecule has 5 N–H and O–H groups in total. The summed E-state index contributed by atoms with van der Waals surface area (Å²) in [5, 5.41) is 8.79. The van der Waals surface area contributed by atoms with E-state index in [0.717, 1.165) is 12.8 Å². The van der Waals surface area contributed by atoms with Gasteiger partial charge in [0.15, 0.2) is 0 Å². The van der Waals surface area contributed by atoms with Gasteiger partial charge >= 0.3 is 0 Å². The van der Waals surface area contributed by atoms with Gasteiger partial charge in [-0.05, 0) is 50.1 Å². The van der Waals surface area contributed by atoms with Crippen LogP contribution in [0.5, 0.6) is 5.75 Å². The molecule has 25 heavy (non-hydrogen) atoms. The fraction of sp³-hybridized carbons (Fsp3) is 0.562. The Labute approximate surface area is 148 Å². The Kier molecular flexibility index (Phi) is 9.43. The molecule has 1 aromatic rings. The first-order valence-corrected chi connectivity index (χ1v) is 9.82. The average Bonchev–Trinajstić information content (AvgIpc) is 2.61. The van der Waals surface area contributed by atoms with Crippen molar-refractivity contribution in [1.29, 1.82) is 0 Å². The summed E-state index contributed by atoms with van der Waals surface area (Å²) in [4.78, 5) is 11.7. The molecule has 0 aliphatic heterocycles. The standard InChI is InChI=1S/C16H27N3O5S/c1-2-3-12-24-13-7-9-14(10-8-13)25(22,23)19-15(16(20)18-21)6-4-5-11-17/h7-10,15,19,21H,2-6,11-12,17H2,1H3,(H,18,20)/t15-/m1/s1. The molecule has 8 nitrogen and oxygen atoms in total. The quantitative estimate of drug-likeness (QED) is 0.247. The van der Waals surface area contributed by atoms with E-state index in [-0.39, 0.29) is 11.3 Å². The summed E-state index contributed by atoms with van der Waals surface area (Å²) in [7, 11) is -3.90. The lowest BCUT2D eigenvalue weighted by Crippen LogP contribution is -2.45. The number of benzene rings is 1. The van der Waals surface area contributed by atoms with Crippen LogP contribution in [0.3, 0.4) is 0 Å². The first kappa shape index (κ1) is 21.4. The van der Waals surface area contributed by atoms with Crippen LogP contribution in [-0.4, -0.2) is 38.7 Å². The maximum atomic E-state index is 12.4. The van der Waals surface area contributed by atoms with E-state index < -0.39 is 22.0 Å². The number of carbonyl (C=O) groups excluding carboxylic acids is 1. The maximum absolute atomic E-state index is 12.4. The molecular formula is C16H27N3O5S. The van der Waals surface area contributed by atoms with Crippen LogP contribution < -0.4 is 20.7 Å². The monoisotopic (exact) mass is 373 g/mol. The summed E-state index contributed by atoms with van der Waals surface area (Å²) in [6.07, 6.45) is 3.38. The van der Waals surface area contributed by atoms with Crippen molar-refractivity contribution in [2.45, 2.75) is 50.0 Å². The summed E-state index contributed by atoms with van der Waals surface area (Å²) >= 11 is 0. The van der Waals surface area contributed by atoms with E-state index in [1.165, 1.54) is 17.6 Å². The van der Waals surface area contributed by atoms with Gasteiger partial charge in [-0.25, -0.2) is 13.9 Å². The largest absolute Gasteiger partial charge is 0.494 e. The van der Waals surface area contributed by atoms with Crippen LogP contribution in [0.2, 0.25) is 0 Å². The molecule has 0 heterocycles. The molecule has 0 aliphatic rings. The van der Waals surface area contributed by atoms with Crippen molar-refractivity contribution in [3.05, 3.63) is 24.3 Å². The number of nitrogens with one attached hydrogen (secondary N) is 2. The predicted octanol–water partition coefficient (Wildman–Crippen LogP) is 1.15.